The maximum absolute atomic E-state index is 5.87. The minimum Gasteiger partial charge on any atom is -0.396 e. The molecule has 4 heteroatoms. The number of hydrogen-bond acceptors (Lipinski definition) is 4. The molecule has 0 atom stereocenters. The lowest BCUT2D eigenvalue weighted by Crippen LogP contribution is -2.29. The highest BCUT2D eigenvalue weighted by Crippen LogP contribution is 2.23. The Labute approximate surface area is 105 Å². The van der Waals surface area contributed by atoms with E-state index >= 15 is 0 Å². The van der Waals surface area contributed by atoms with Gasteiger partial charge in [-0.1, -0.05) is 24.3 Å². The van der Waals surface area contributed by atoms with Crippen LogP contribution in [0.2, 0.25) is 0 Å². The van der Waals surface area contributed by atoms with Crippen molar-refractivity contribution in [1.82, 2.24) is 9.27 Å². The van der Waals surface area contributed by atoms with E-state index in [1.165, 1.54) is 27.5 Å². The van der Waals surface area contributed by atoms with Crippen LogP contribution >= 0.6 is 11.5 Å². The summed E-state index contributed by atoms with van der Waals surface area (Å²) in [6, 6.07) is 8.68. The van der Waals surface area contributed by atoms with Gasteiger partial charge in [-0.3, -0.25) is 4.90 Å². The molecular weight excluding hydrogens is 230 g/mol. The molecule has 0 amide bonds. The van der Waals surface area contributed by atoms with Gasteiger partial charge in [0, 0.05) is 19.6 Å². The minimum absolute atomic E-state index is 0.828. The number of hydrogen-bond donors (Lipinski definition) is 1. The molecule has 0 bridgehead atoms. The molecule has 1 aromatic carbocycles. The van der Waals surface area contributed by atoms with Crippen LogP contribution in [0.3, 0.4) is 0 Å². The van der Waals surface area contributed by atoms with Crippen LogP contribution in [0.4, 0.5) is 5.69 Å². The number of benzene rings is 1. The smallest absolute Gasteiger partial charge is 0.0672 e. The zero-order chi connectivity index (χ0) is 11.7. The summed E-state index contributed by atoms with van der Waals surface area (Å²) in [4.78, 5) is 3.62. The third kappa shape index (κ3) is 2.18. The third-order valence-electron chi connectivity index (χ3n) is 3.25. The maximum Gasteiger partial charge on any atom is 0.0672 e. The second-order valence-corrected chi connectivity index (χ2v) is 5.32. The summed E-state index contributed by atoms with van der Waals surface area (Å²) in [7, 11) is 0. The van der Waals surface area contributed by atoms with Gasteiger partial charge in [0.1, 0.15) is 0 Å². The van der Waals surface area contributed by atoms with Crippen molar-refractivity contribution in [2.24, 2.45) is 0 Å². The first-order chi connectivity index (χ1) is 8.33. The van der Waals surface area contributed by atoms with Crippen molar-refractivity contribution < 1.29 is 0 Å². The lowest BCUT2D eigenvalue weighted by Gasteiger charge is -2.28. The molecule has 0 fully saturated rings. The van der Waals surface area contributed by atoms with Crippen LogP contribution in [0.1, 0.15) is 16.0 Å². The Kier molecular flexibility index (Phi) is 2.82. The molecule has 17 heavy (non-hydrogen) atoms. The maximum atomic E-state index is 5.87. The van der Waals surface area contributed by atoms with Crippen molar-refractivity contribution in [3.63, 3.8) is 0 Å². The summed E-state index contributed by atoms with van der Waals surface area (Å²) >= 11 is 1.51. The van der Waals surface area contributed by atoms with Crippen LogP contribution in [0.5, 0.6) is 0 Å². The number of nitrogens with two attached hydrogens (primary N) is 1. The summed E-state index contributed by atoms with van der Waals surface area (Å²) in [6.45, 7) is 3.05. The first kappa shape index (κ1) is 10.7. The number of nitrogens with zero attached hydrogens (tertiary/aromatic N) is 2. The molecule has 1 aromatic heterocycles. The second-order valence-electron chi connectivity index (χ2n) is 4.43. The van der Waals surface area contributed by atoms with E-state index in [1.54, 1.807) is 6.20 Å². The molecule has 0 saturated heterocycles. The van der Waals surface area contributed by atoms with Gasteiger partial charge in [0.15, 0.2) is 0 Å². The van der Waals surface area contributed by atoms with E-state index in [4.69, 9.17) is 5.73 Å². The Morgan fingerprint density at radius 1 is 1.29 bits per heavy atom. The predicted octanol–water partition coefficient (Wildman–Crippen LogP) is 2.28. The van der Waals surface area contributed by atoms with Gasteiger partial charge in [-0.15, -0.1) is 0 Å². The van der Waals surface area contributed by atoms with Crippen molar-refractivity contribution in [2.75, 3.05) is 12.3 Å². The molecule has 3 nitrogen and oxygen atoms in total. The first-order valence-electron chi connectivity index (χ1n) is 5.81. The quantitative estimate of drug-likeness (QED) is 0.882. The van der Waals surface area contributed by atoms with Gasteiger partial charge in [-0.05, 0) is 29.1 Å². The number of nitrogen functional groups attached to an aromatic ring is 1. The van der Waals surface area contributed by atoms with E-state index in [1.807, 2.05) is 0 Å². The Morgan fingerprint density at radius 2 is 2.12 bits per heavy atom. The fraction of sp³-hybridized carbons (Fsp3) is 0.308. The standard InChI is InChI=1S/C13H15N3S/c14-12-7-15-17-13(12)9-16-6-5-10-3-1-2-4-11(10)8-16/h1-4,7H,5-6,8-9,14H2. The number of rotatable bonds is 2. The van der Waals surface area contributed by atoms with E-state index in [-0.39, 0.29) is 0 Å². The average molecular weight is 245 g/mol. The molecule has 3 rings (SSSR count). The Hall–Kier alpha value is -1.39. The lowest BCUT2D eigenvalue weighted by atomic mass is 10.00. The molecule has 0 unspecified atom stereocenters. The summed E-state index contributed by atoms with van der Waals surface area (Å²) in [5.74, 6) is 0. The van der Waals surface area contributed by atoms with E-state index in [0.717, 1.165) is 31.7 Å². The summed E-state index contributed by atoms with van der Waals surface area (Å²) in [5.41, 5.74) is 9.63. The van der Waals surface area contributed by atoms with Crippen LogP contribution in [-0.2, 0) is 19.5 Å². The van der Waals surface area contributed by atoms with Crippen LogP contribution in [-0.4, -0.2) is 15.8 Å². The molecule has 88 valence electrons. The molecular formula is C13H15N3S. The third-order valence-corrected chi connectivity index (χ3v) is 4.05. The van der Waals surface area contributed by atoms with Gasteiger partial charge in [-0.25, -0.2) is 0 Å². The van der Waals surface area contributed by atoms with E-state index in [2.05, 4.69) is 33.5 Å². The Morgan fingerprint density at radius 3 is 2.88 bits per heavy atom. The molecule has 0 saturated carbocycles. The highest BCUT2D eigenvalue weighted by Gasteiger charge is 2.17. The van der Waals surface area contributed by atoms with Gasteiger partial charge in [0.25, 0.3) is 0 Å². The van der Waals surface area contributed by atoms with Gasteiger partial charge >= 0.3 is 0 Å². The number of fused-ring (bicyclic) bond motifs is 1. The van der Waals surface area contributed by atoms with Gasteiger partial charge in [0.05, 0.1) is 16.8 Å². The Balaban J connectivity index is 1.74. The van der Waals surface area contributed by atoms with Crippen molar-refractivity contribution in [3.8, 4) is 0 Å². The molecule has 0 aliphatic carbocycles. The van der Waals surface area contributed by atoms with Crippen molar-refractivity contribution in [3.05, 3.63) is 46.5 Å². The predicted molar refractivity (Wildman–Crippen MR) is 70.8 cm³/mol. The largest absolute Gasteiger partial charge is 0.396 e. The molecule has 1 aliphatic rings. The normalized spacial score (nSPS) is 15.8. The van der Waals surface area contributed by atoms with E-state index in [9.17, 15) is 0 Å². The number of anilines is 1. The summed E-state index contributed by atoms with van der Waals surface area (Å²) in [5, 5.41) is 0. The second kappa shape index (κ2) is 4.47. The highest BCUT2D eigenvalue weighted by atomic mass is 32.1. The highest BCUT2D eigenvalue weighted by molar-refractivity contribution is 7.06. The minimum atomic E-state index is 0.828. The zero-order valence-corrected chi connectivity index (χ0v) is 10.4. The zero-order valence-electron chi connectivity index (χ0n) is 9.60. The Bertz CT molecular complexity index is 521. The fourth-order valence-corrected chi connectivity index (χ4v) is 2.98. The topological polar surface area (TPSA) is 42.1 Å². The SMILES string of the molecule is Nc1cnsc1CN1CCc2ccccc2C1. The van der Waals surface area contributed by atoms with Crippen molar-refractivity contribution in [2.45, 2.75) is 19.5 Å². The molecule has 2 heterocycles. The van der Waals surface area contributed by atoms with Crippen molar-refractivity contribution >= 4 is 17.2 Å². The first-order valence-corrected chi connectivity index (χ1v) is 6.58. The fourth-order valence-electron chi connectivity index (χ4n) is 2.28. The summed E-state index contributed by atoms with van der Waals surface area (Å²) in [6.07, 6.45) is 2.88. The van der Waals surface area contributed by atoms with Crippen LogP contribution in [0.25, 0.3) is 0 Å². The lowest BCUT2D eigenvalue weighted by molar-refractivity contribution is 0.248. The molecule has 0 spiro atoms. The van der Waals surface area contributed by atoms with Crippen molar-refractivity contribution in [1.29, 1.82) is 0 Å². The number of aromatic nitrogens is 1. The average Bonchev–Trinajstić information content (AvgIpc) is 2.75. The summed E-state index contributed by atoms with van der Waals surface area (Å²) < 4.78 is 4.12. The molecule has 2 aromatic rings. The van der Waals surface area contributed by atoms with Gasteiger partial charge in [-0.2, -0.15) is 4.37 Å². The molecule has 2 N–H and O–H groups in total. The van der Waals surface area contributed by atoms with E-state index < -0.39 is 0 Å². The van der Waals surface area contributed by atoms with E-state index in [0.29, 0.717) is 0 Å². The van der Waals surface area contributed by atoms with Crippen LogP contribution in [0, 0.1) is 0 Å². The molecule has 1 aliphatic heterocycles. The van der Waals surface area contributed by atoms with Crippen LogP contribution in [0.15, 0.2) is 30.5 Å². The molecule has 0 radical (unpaired) electrons. The van der Waals surface area contributed by atoms with Gasteiger partial charge < -0.3 is 5.73 Å². The monoisotopic (exact) mass is 245 g/mol. The van der Waals surface area contributed by atoms with Gasteiger partial charge in [0.2, 0.25) is 0 Å². The van der Waals surface area contributed by atoms with Crippen LogP contribution < -0.4 is 5.73 Å².